The molecule has 11 aromatic carbocycles. The first-order chi connectivity index (χ1) is 60.8. The normalized spacial score (nSPS) is 11.2. The van der Waals surface area contributed by atoms with Gasteiger partial charge in [-0.2, -0.15) is 0 Å². The summed E-state index contributed by atoms with van der Waals surface area (Å²) >= 11 is 0. The quantitative estimate of drug-likeness (QED) is 0.0362. The molecule has 8 heteroatoms. The molecule has 0 saturated carbocycles. The van der Waals surface area contributed by atoms with Crippen LogP contribution in [0.3, 0.4) is 0 Å². The van der Waals surface area contributed by atoms with Crippen molar-refractivity contribution in [1.82, 2.24) is 19.9 Å². The van der Waals surface area contributed by atoms with Crippen molar-refractivity contribution in [3.63, 3.8) is 0 Å². The van der Waals surface area contributed by atoms with Gasteiger partial charge in [-0.15, -0.1) is 142 Å². The Morgan fingerprint density at radius 3 is 0.854 bits per heavy atom. The van der Waals surface area contributed by atoms with Gasteiger partial charge in [0.15, 0.2) is 0 Å². The van der Waals surface area contributed by atoms with Gasteiger partial charge in [0.1, 0.15) is 0 Å². The first kappa shape index (κ1) is 106. The van der Waals surface area contributed by atoms with E-state index in [1.165, 1.54) is 209 Å². The second-order valence-electron chi connectivity index (χ2n) is 38.0. The molecule has 0 aliphatic rings. The van der Waals surface area contributed by atoms with Gasteiger partial charge in [-0.05, 0) is 225 Å². The van der Waals surface area contributed by atoms with E-state index < -0.39 is 0 Å². The molecular weight excluding hydrogens is 2290 g/mol. The van der Waals surface area contributed by atoms with Crippen molar-refractivity contribution in [2.45, 2.75) is 235 Å². The molecule has 15 rings (SSSR count). The molecule has 4 nitrogen and oxygen atoms in total. The van der Waals surface area contributed by atoms with Crippen molar-refractivity contribution in [2.75, 3.05) is 0 Å². The third-order valence-corrected chi connectivity index (χ3v) is 23.8. The van der Waals surface area contributed by atoms with E-state index in [0.29, 0.717) is 0 Å². The van der Waals surface area contributed by atoms with E-state index >= 15 is 0 Å². The van der Waals surface area contributed by atoms with Crippen LogP contribution in [0.5, 0.6) is 0 Å². The SMILES string of the molecule is CC(C)(C)c1ccc(-c2cc(-c3ccc(C(C)(C)C)cc3)cc(-c3cc[c-]c(-c4ccccn4)c3)c2)cc1.CC(C)(C)c1ccc(-c2cc(-c3ccc(C(C)(C)C)cc3)cc(-c3ccc(-c4[c-]cccc4)nc3)c2)cc1.CCCCCCCCc1c[c-]c(-c2ccccn2)cc1.CCCCCCc1cc(CCCCCC)cc(-c2cc[c-]c(-c3ccccn3)c2)c1.[Ir].[Ir].[Ir].[Ir]. The zero-order valence-corrected chi connectivity index (χ0v) is 88.8. The average molecular weight is 2420 g/mol. The van der Waals surface area contributed by atoms with Gasteiger partial charge < -0.3 is 19.9 Å². The number of aromatic nitrogens is 4. The van der Waals surface area contributed by atoms with Gasteiger partial charge in [-0.3, -0.25) is 0 Å². The fourth-order valence-corrected chi connectivity index (χ4v) is 15.9. The standard InChI is InChI=1S/2C37H36N.C29H36N.C19H24N.4Ir/c1-36(2,3)33-17-13-26(14-18-33)30-23-31(27-15-19-34(20-16-27)37(4,5)6)25-32(24-30)28-10-9-11-29(22-28)35-12-7-8-21-38-35;1-36(2,3)33-17-12-26(13-18-33)30-22-31(27-14-19-34(20-15-27)37(4,5)6)24-32(23-30)29-16-21-35(38-25-29)28-10-8-7-9-11-28;1-3-5-7-9-14-24-20-25(15-10-8-6-4-2)22-28(21-24)26-16-13-17-27(23-26)29-18-11-12-19-30-29;1-2-3-4-5-6-7-10-17-12-14-18(15-13-17)19-11-8-9-16-20-19;;;;/h2*7-10,12-25H,1-6H3;11-13,16,18-23H,3-10,14-15H2,1-2H3;8-9,11-14,16H,2-7,10H2,1H3;;;;/q4*-1;;;;. The zero-order valence-electron chi connectivity index (χ0n) is 79.2. The molecule has 4 aromatic heterocycles. The van der Waals surface area contributed by atoms with Gasteiger partial charge in [-0.25, -0.2) is 0 Å². The predicted octanol–water partition coefficient (Wildman–Crippen LogP) is 34.2. The van der Waals surface area contributed by atoms with Gasteiger partial charge in [0.05, 0.1) is 0 Å². The molecule has 4 heterocycles. The van der Waals surface area contributed by atoms with Crippen LogP contribution in [0.4, 0.5) is 0 Å². The molecule has 0 spiro atoms. The molecule has 130 heavy (non-hydrogen) atoms. The minimum atomic E-state index is 0. The summed E-state index contributed by atoms with van der Waals surface area (Å²) in [6.07, 6.45) is 29.6. The number of rotatable bonds is 28. The Morgan fingerprint density at radius 1 is 0.215 bits per heavy atom. The molecule has 0 bridgehead atoms. The maximum atomic E-state index is 4.78. The Kier molecular flexibility index (Phi) is 42.5. The van der Waals surface area contributed by atoms with Gasteiger partial charge >= 0.3 is 0 Å². The predicted molar refractivity (Wildman–Crippen MR) is 540 cm³/mol. The maximum Gasteiger partial charge on any atom is 0.0239 e. The smallest absolute Gasteiger partial charge is 0.0239 e. The van der Waals surface area contributed by atoms with E-state index in [1.54, 1.807) is 0 Å². The van der Waals surface area contributed by atoms with Crippen LogP contribution in [0.25, 0.3) is 123 Å². The van der Waals surface area contributed by atoms with Crippen molar-refractivity contribution >= 4 is 0 Å². The molecule has 4 radical (unpaired) electrons. The summed E-state index contributed by atoms with van der Waals surface area (Å²) < 4.78 is 0. The molecule has 0 N–H and O–H groups in total. The summed E-state index contributed by atoms with van der Waals surface area (Å²) in [6, 6.07) is 120. The van der Waals surface area contributed by atoms with Crippen LogP contribution in [-0.2, 0) is 121 Å². The number of pyridine rings is 4. The van der Waals surface area contributed by atoms with Crippen LogP contribution < -0.4 is 0 Å². The van der Waals surface area contributed by atoms with E-state index in [9.17, 15) is 0 Å². The molecule has 0 aliphatic heterocycles. The summed E-state index contributed by atoms with van der Waals surface area (Å²) in [7, 11) is 0. The van der Waals surface area contributed by atoms with E-state index in [0.717, 1.165) is 61.7 Å². The van der Waals surface area contributed by atoms with E-state index in [4.69, 9.17) is 4.98 Å². The summed E-state index contributed by atoms with van der Waals surface area (Å²) in [5.74, 6) is 0. The molecule has 0 atom stereocenters. The van der Waals surface area contributed by atoms with Crippen LogP contribution in [0.1, 0.15) is 233 Å². The third-order valence-electron chi connectivity index (χ3n) is 23.8. The minimum Gasteiger partial charge on any atom is -0.305 e. The van der Waals surface area contributed by atoms with Crippen LogP contribution in [0.2, 0.25) is 0 Å². The second kappa shape index (κ2) is 52.2. The number of hydrogen-bond acceptors (Lipinski definition) is 4. The van der Waals surface area contributed by atoms with Crippen molar-refractivity contribution < 1.29 is 80.4 Å². The second-order valence-corrected chi connectivity index (χ2v) is 38.0. The van der Waals surface area contributed by atoms with Crippen molar-refractivity contribution in [3.8, 4) is 123 Å². The summed E-state index contributed by atoms with van der Waals surface area (Å²) in [5.41, 5.74) is 35.2. The maximum absolute atomic E-state index is 4.78. The minimum absolute atomic E-state index is 0. The zero-order chi connectivity index (χ0) is 88.9. The number of hydrogen-bond donors (Lipinski definition) is 0. The molecule has 0 fully saturated rings. The van der Waals surface area contributed by atoms with Crippen LogP contribution in [0.15, 0.2) is 322 Å². The number of aryl methyl sites for hydroxylation is 3. The Morgan fingerprint density at radius 2 is 0.523 bits per heavy atom. The molecule has 0 amide bonds. The number of nitrogens with zero attached hydrogens (tertiary/aromatic N) is 4. The van der Waals surface area contributed by atoms with Crippen LogP contribution >= 0.6 is 0 Å². The molecule has 680 valence electrons. The van der Waals surface area contributed by atoms with E-state index in [1.807, 2.05) is 110 Å². The molecular formula is C122H132Ir4N4-4. The Hall–Kier alpha value is -9.38. The molecule has 0 unspecified atom stereocenters. The Bertz CT molecular complexity index is 5630. The van der Waals surface area contributed by atoms with Gasteiger partial charge in [0, 0.05) is 105 Å². The monoisotopic (exact) mass is 2420 g/mol. The largest absolute Gasteiger partial charge is 0.305 e. The van der Waals surface area contributed by atoms with E-state index in [-0.39, 0.29) is 102 Å². The summed E-state index contributed by atoms with van der Waals surface area (Å²) in [5, 5.41) is 0. The summed E-state index contributed by atoms with van der Waals surface area (Å²) in [6.45, 7) is 33.9. The number of benzene rings is 11. The van der Waals surface area contributed by atoms with Gasteiger partial charge in [-0.1, -0.05) is 351 Å². The summed E-state index contributed by atoms with van der Waals surface area (Å²) in [4.78, 5) is 18.2. The van der Waals surface area contributed by atoms with Crippen LogP contribution in [-0.4, -0.2) is 19.9 Å². The van der Waals surface area contributed by atoms with Crippen molar-refractivity contribution in [3.05, 3.63) is 385 Å². The first-order valence-electron chi connectivity index (χ1n) is 46.4. The average Bonchev–Trinajstić information content (AvgIpc) is 0.798. The fourth-order valence-electron chi connectivity index (χ4n) is 15.9. The molecule has 0 aliphatic carbocycles. The van der Waals surface area contributed by atoms with Crippen molar-refractivity contribution in [1.29, 1.82) is 0 Å². The molecule has 0 saturated heterocycles. The van der Waals surface area contributed by atoms with Crippen LogP contribution in [0, 0.1) is 24.3 Å². The van der Waals surface area contributed by atoms with Crippen molar-refractivity contribution in [2.24, 2.45) is 0 Å². The molecule has 15 aromatic rings. The topological polar surface area (TPSA) is 51.6 Å². The Labute approximate surface area is 835 Å². The van der Waals surface area contributed by atoms with Gasteiger partial charge in [0.2, 0.25) is 0 Å². The fraction of sp³-hybridized carbons (Fsp3) is 0.295. The third kappa shape index (κ3) is 32.0. The number of unbranched alkanes of at least 4 members (excludes halogenated alkanes) is 11. The van der Waals surface area contributed by atoms with Gasteiger partial charge in [0.25, 0.3) is 0 Å². The van der Waals surface area contributed by atoms with E-state index in [2.05, 4.69) is 355 Å². The Balaban J connectivity index is 0.000000217. The first-order valence-corrected chi connectivity index (χ1v) is 46.4.